The Labute approximate surface area is 130 Å². The molecule has 0 bridgehead atoms. The summed E-state index contributed by atoms with van der Waals surface area (Å²) in [5.74, 6) is -0.467. The van der Waals surface area contributed by atoms with E-state index >= 15 is 0 Å². The minimum absolute atomic E-state index is 0.0952. The highest BCUT2D eigenvalue weighted by molar-refractivity contribution is 5.94. The van der Waals surface area contributed by atoms with E-state index in [1.165, 1.54) is 0 Å². The number of carboxylic acid groups (broad SMARTS) is 1. The van der Waals surface area contributed by atoms with Gasteiger partial charge in [-0.15, -0.1) is 0 Å². The number of likely N-dealkylation sites (tertiary alicyclic amines) is 1. The third-order valence-electron chi connectivity index (χ3n) is 5.19. The van der Waals surface area contributed by atoms with E-state index in [4.69, 9.17) is 0 Å². The lowest BCUT2D eigenvalue weighted by atomic mass is 9.81. The lowest BCUT2D eigenvalue weighted by Crippen LogP contribution is -2.35. The first-order chi connectivity index (χ1) is 10.5. The van der Waals surface area contributed by atoms with Crippen molar-refractivity contribution in [2.75, 3.05) is 20.1 Å². The van der Waals surface area contributed by atoms with Crippen molar-refractivity contribution in [2.24, 2.45) is 11.3 Å². The molecule has 0 aromatic heterocycles. The van der Waals surface area contributed by atoms with Crippen LogP contribution >= 0.6 is 0 Å². The van der Waals surface area contributed by atoms with Gasteiger partial charge in [0.05, 0.1) is 5.41 Å². The summed E-state index contributed by atoms with van der Waals surface area (Å²) in [5.41, 5.74) is 1.16. The Kier molecular flexibility index (Phi) is 3.91. The van der Waals surface area contributed by atoms with E-state index in [-0.39, 0.29) is 11.8 Å². The zero-order valence-corrected chi connectivity index (χ0v) is 12.8. The Hall–Kier alpha value is -1.88. The van der Waals surface area contributed by atoms with E-state index in [0.717, 1.165) is 31.4 Å². The normalized spacial score (nSPS) is 27.6. The molecule has 3 rings (SSSR count). The van der Waals surface area contributed by atoms with Crippen molar-refractivity contribution in [3.63, 3.8) is 0 Å². The van der Waals surface area contributed by atoms with Gasteiger partial charge in [0.1, 0.15) is 0 Å². The highest BCUT2D eigenvalue weighted by atomic mass is 16.4. The van der Waals surface area contributed by atoms with E-state index in [2.05, 4.69) is 10.2 Å². The van der Waals surface area contributed by atoms with Crippen LogP contribution in [-0.2, 0) is 11.3 Å². The number of aliphatic carboxylic acids is 1. The van der Waals surface area contributed by atoms with Gasteiger partial charge in [-0.3, -0.25) is 14.5 Å². The first-order valence-electron chi connectivity index (χ1n) is 7.82. The van der Waals surface area contributed by atoms with Gasteiger partial charge in [0.25, 0.3) is 5.91 Å². The van der Waals surface area contributed by atoms with Crippen molar-refractivity contribution >= 4 is 11.9 Å². The number of nitrogens with zero attached hydrogens (tertiary/aromatic N) is 1. The molecule has 1 saturated heterocycles. The molecule has 1 aliphatic heterocycles. The Morgan fingerprint density at radius 3 is 2.95 bits per heavy atom. The van der Waals surface area contributed by atoms with Crippen molar-refractivity contribution in [3.8, 4) is 0 Å². The zero-order valence-electron chi connectivity index (χ0n) is 12.8. The van der Waals surface area contributed by atoms with Crippen LogP contribution in [-0.4, -0.2) is 42.0 Å². The monoisotopic (exact) mass is 302 g/mol. The average molecular weight is 302 g/mol. The van der Waals surface area contributed by atoms with Gasteiger partial charge in [0, 0.05) is 32.2 Å². The summed E-state index contributed by atoms with van der Waals surface area (Å²) >= 11 is 0. The SMILES string of the molecule is CNC(=O)c1cccc(CN2C[C@@H]3CCC[C@@]3(C(=O)O)C2)c1. The molecule has 1 aliphatic carbocycles. The van der Waals surface area contributed by atoms with Gasteiger partial charge in [0.2, 0.25) is 0 Å². The highest BCUT2D eigenvalue weighted by Gasteiger charge is 2.54. The topological polar surface area (TPSA) is 69.6 Å². The maximum Gasteiger partial charge on any atom is 0.311 e. The zero-order chi connectivity index (χ0) is 15.7. The van der Waals surface area contributed by atoms with Crippen LogP contribution in [0.5, 0.6) is 0 Å². The molecule has 22 heavy (non-hydrogen) atoms. The quantitative estimate of drug-likeness (QED) is 0.889. The number of fused-ring (bicyclic) bond motifs is 1. The summed E-state index contributed by atoms with van der Waals surface area (Å²) in [7, 11) is 1.62. The second-order valence-electron chi connectivity index (χ2n) is 6.50. The first-order valence-corrected chi connectivity index (χ1v) is 7.82. The van der Waals surface area contributed by atoms with E-state index in [1.54, 1.807) is 13.1 Å². The summed E-state index contributed by atoms with van der Waals surface area (Å²) in [6.07, 6.45) is 2.83. The molecule has 0 unspecified atom stereocenters. The lowest BCUT2D eigenvalue weighted by Gasteiger charge is -2.23. The fourth-order valence-corrected chi connectivity index (χ4v) is 4.08. The number of carboxylic acids is 1. The Bertz CT molecular complexity index is 601. The van der Waals surface area contributed by atoms with Crippen LogP contribution < -0.4 is 5.32 Å². The largest absolute Gasteiger partial charge is 0.481 e. The molecule has 0 radical (unpaired) electrons. The minimum Gasteiger partial charge on any atom is -0.481 e. The molecule has 5 nitrogen and oxygen atoms in total. The summed E-state index contributed by atoms with van der Waals surface area (Å²) in [4.78, 5) is 25.6. The van der Waals surface area contributed by atoms with Gasteiger partial charge < -0.3 is 10.4 Å². The predicted molar refractivity (Wildman–Crippen MR) is 82.5 cm³/mol. The van der Waals surface area contributed by atoms with Crippen LogP contribution in [0.15, 0.2) is 24.3 Å². The Morgan fingerprint density at radius 1 is 1.45 bits per heavy atom. The van der Waals surface area contributed by atoms with Crippen LogP contribution in [0, 0.1) is 11.3 Å². The van der Waals surface area contributed by atoms with Crippen LogP contribution in [0.2, 0.25) is 0 Å². The second-order valence-corrected chi connectivity index (χ2v) is 6.50. The molecule has 0 spiro atoms. The third kappa shape index (κ3) is 2.50. The van der Waals surface area contributed by atoms with E-state index in [1.807, 2.05) is 18.2 Å². The number of nitrogens with one attached hydrogen (secondary N) is 1. The minimum atomic E-state index is -0.642. The fraction of sp³-hybridized carbons (Fsp3) is 0.529. The van der Waals surface area contributed by atoms with E-state index in [0.29, 0.717) is 18.7 Å². The molecule has 1 heterocycles. The number of benzene rings is 1. The van der Waals surface area contributed by atoms with Gasteiger partial charge in [-0.2, -0.15) is 0 Å². The average Bonchev–Trinajstić information content (AvgIpc) is 3.04. The van der Waals surface area contributed by atoms with Crippen molar-refractivity contribution in [2.45, 2.75) is 25.8 Å². The summed E-state index contributed by atoms with van der Waals surface area (Å²) < 4.78 is 0. The molecule has 2 aliphatic rings. The van der Waals surface area contributed by atoms with Gasteiger partial charge in [-0.25, -0.2) is 0 Å². The van der Waals surface area contributed by atoms with Crippen LogP contribution in [0.1, 0.15) is 35.2 Å². The van der Waals surface area contributed by atoms with Crippen LogP contribution in [0.4, 0.5) is 0 Å². The van der Waals surface area contributed by atoms with Gasteiger partial charge in [-0.1, -0.05) is 18.6 Å². The first kappa shape index (κ1) is 15.0. The molecule has 1 saturated carbocycles. The standard InChI is InChI=1S/C17H22N2O3/c1-18-15(20)13-5-2-4-12(8-13)9-19-10-14-6-3-7-17(14,11-19)16(21)22/h2,4-5,8,14H,3,6-7,9-11H2,1H3,(H,18,20)(H,21,22)/t14-,17+/m0/s1. The Balaban J connectivity index is 1.73. The number of amides is 1. The molecule has 2 atom stereocenters. The van der Waals surface area contributed by atoms with E-state index < -0.39 is 11.4 Å². The molecule has 118 valence electrons. The maximum atomic E-state index is 11.7. The second kappa shape index (κ2) is 5.72. The molecular formula is C17H22N2O3. The fourth-order valence-electron chi connectivity index (χ4n) is 4.08. The molecule has 1 aromatic carbocycles. The Morgan fingerprint density at radius 2 is 2.27 bits per heavy atom. The highest BCUT2D eigenvalue weighted by Crippen LogP contribution is 2.49. The van der Waals surface area contributed by atoms with Gasteiger partial charge in [-0.05, 0) is 36.5 Å². The number of carbonyl (C=O) groups excluding carboxylic acids is 1. The van der Waals surface area contributed by atoms with Gasteiger partial charge >= 0.3 is 5.97 Å². The van der Waals surface area contributed by atoms with Crippen molar-refractivity contribution in [1.82, 2.24) is 10.2 Å². The van der Waals surface area contributed by atoms with Gasteiger partial charge in [0.15, 0.2) is 0 Å². The van der Waals surface area contributed by atoms with Crippen molar-refractivity contribution in [1.29, 1.82) is 0 Å². The summed E-state index contributed by atoms with van der Waals surface area (Å²) in [5, 5.41) is 12.3. The predicted octanol–water partition coefficient (Wildman–Crippen LogP) is 1.73. The third-order valence-corrected chi connectivity index (χ3v) is 5.19. The van der Waals surface area contributed by atoms with Crippen molar-refractivity contribution in [3.05, 3.63) is 35.4 Å². The van der Waals surface area contributed by atoms with Crippen molar-refractivity contribution < 1.29 is 14.7 Å². The smallest absolute Gasteiger partial charge is 0.311 e. The number of hydrogen-bond acceptors (Lipinski definition) is 3. The van der Waals surface area contributed by atoms with Crippen LogP contribution in [0.25, 0.3) is 0 Å². The molecule has 2 fully saturated rings. The summed E-state index contributed by atoms with van der Waals surface area (Å²) in [6, 6.07) is 7.55. The lowest BCUT2D eigenvalue weighted by molar-refractivity contribution is -0.149. The number of carbonyl (C=O) groups is 2. The molecule has 2 N–H and O–H groups in total. The molecule has 1 amide bonds. The summed E-state index contributed by atoms with van der Waals surface area (Å²) in [6.45, 7) is 2.17. The maximum absolute atomic E-state index is 11.7. The molecule has 5 heteroatoms. The molecular weight excluding hydrogens is 280 g/mol. The van der Waals surface area contributed by atoms with E-state index in [9.17, 15) is 14.7 Å². The number of hydrogen-bond donors (Lipinski definition) is 2. The number of rotatable bonds is 4. The van der Waals surface area contributed by atoms with Crippen LogP contribution in [0.3, 0.4) is 0 Å². The molecule has 1 aromatic rings.